The molecule has 0 aliphatic carbocycles. The van der Waals surface area contributed by atoms with Crippen LogP contribution in [-0.2, 0) is 17.2 Å². The molecular weight excluding hydrogens is 280 g/mol. The van der Waals surface area contributed by atoms with Gasteiger partial charge < -0.3 is 0 Å². The highest BCUT2D eigenvalue weighted by atomic mass is 32.2. The van der Waals surface area contributed by atoms with Crippen LogP contribution in [0.5, 0.6) is 0 Å². The maximum Gasteiger partial charge on any atom is 0.295 e. The van der Waals surface area contributed by atoms with Crippen LogP contribution in [0.25, 0.3) is 0 Å². The van der Waals surface area contributed by atoms with Crippen LogP contribution in [0.3, 0.4) is 0 Å². The van der Waals surface area contributed by atoms with E-state index in [0.29, 0.717) is 0 Å². The molecular formula is C12H19N4O3S+. The second kappa shape index (κ2) is 6.02. The van der Waals surface area contributed by atoms with Crippen molar-refractivity contribution in [2.45, 2.75) is 25.7 Å². The molecule has 3 N–H and O–H groups in total. The summed E-state index contributed by atoms with van der Waals surface area (Å²) >= 11 is 0. The van der Waals surface area contributed by atoms with Gasteiger partial charge in [-0.3, -0.25) is 10.4 Å². The van der Waals surface area contributed by atoms with Crippen molar-refractivity contribution in [3.8, 4) is 0 Å². The Kier molecular flexibility index (Phi) is 4.85. The van der Waals surface area contributed by atoms with Gasteiger partial charge in [0.2, 0.25) is 0 Å². The van der Waals surface area contributed by atoms with Gasteiger partial charge in [-0.2, -0.15) is 8.42 Å². The van der Waals surface area contributed by atoms with E-state index >= 15 is 0 Å². The SMILES string of the molecule is Cc1ccc(S(=O)(=O)O)cc1.Cc1nn(C)c(C)[n+]1N. The predicted molar refractivity (Wildman–Crippen MR) is 74.0 cm³/mol. The molecule has 0 saturated heterocycles. The molecule has 0 aliphatic rings. The molecule has 0 bridgehead atoms. The lowest BCUT2D eigenvalue weighted by molar-refractivity contribution is -0.652. The number of aryl methyl sites for hydroxylation is 3. The van der Waals surface area contributed by atoms with Crippen LogP contribution < -0.4 is 10.5 Å². The maximum atomic E-state index is 10.5. The summed E-state index contributed by atoms with van der Waals surface area (Å²) in [5.41, 5.74) is 0.956. The molecule has 0 spiro atoms. The fourth-order valence-corrected chi connectivity index (χ4v) is 1.92. The van der Waals surface area contributed by atoms with Gasteiger partial charge >= 0.3 is 0 Å². The van der Waals surface area contributed by atoms with Gasteiger partial charge in [-0.1, -0.05) is 17.7 Å². The molecule has 0 amide bonds. The maximum absolute atomic E-state index is 10.5. The zero-order valence-electron chi connectivity index (χ0n) is 11.9. The first kappa shape index (κ1) is 16.1. The molecule has 0 unspecified atom stereocenters. The Labute approximate surface area is 118 Å². The second-order valence-corrected chi connectivity index (χ2v) is 5.80. The summed E-state index contributed by atoms with van der Waals surface area (Å²) in [7, 11) is -2.15. The molecule has 7 nitrogen and oxygen atoms in total. The van der Waals surface area contributed by atoms with Crippen LogP contribution in [-0.4, -0.2) is 22.8 Å². The largest absolute Gasteiger partial charge is 0.295 e. The van der Waals surface area contributed by atoms with Crippen molar-refractivity contribution in [3.05, 3.63) is 41.5 Å². The molecule has 1 aromatic carbocycles. The Bertz CT molecular complexity index is 668. The molecule has 0 atom stereocenters. The minimum Gasteiger partial charge on any atom is -0.289 e. The van der Waals surface area contributed by atoms with Crippen molar-refractivity contribution < 1.29 is 17.6 Å². The molecule has 1 aromatic heterocycles. The highest BCUT2D eigenvalue weighted by Gasteiger charge is 2.11. The number of hydrogen-bond donors (Lipinski definition) is 2. The van der Waals surface area contributed by atoms with Gasteiger partial charge in [-0.15, -0.1) is 9.36 Å². The molecule has 0 fully saturated rings. The molecule has 0 aliphatic heterocycles. The summed E-state index contributed by atoms with van der Waals surface area (Å²) < 4.78 is 32.9. The Hall–Kier alpha value is -1.93. The summed E-state index contributed by atoms with van der Waals surface area (Å²) in [6, 6.07) is 5.99. The summed E-state index contributed by atoms with van der Waals surface area (Å²) in [5.74, 6) is 7.32. The summed E-state index contributed by atoms with van der Waals surface area (Å²) in [4.78, 5) is -0.0666. The first-order valence-electron chi connectivity index (χ1n) is 5.84. The van der Waals surface area contributed by atoms with Crippen LogP contribution in [0, 0.1) is 20.8 Å². The standard InChI is InChI=1S/C7H8O3S.C5H11N4/c1-6-2-4-7(5-3-6)11(8,9)10;1-4-7-8(3)5(2)9(4)6/h2-5H,1H3,(H,8,9,10);6H2,1-3H3/q;+1. The first-order valence-corrected chi connectivity index (χ1v) is 7.28. The van der Waals surface area contributed by atoms with E-state index in [2.05, 4.69) is 5.10 Å². The van der Waals surface area contributed by atoms with E-state index in [0.717, 1.165) is 17.2 Å². The van der Waals surface area contributed by atoms with Gasteiger partial charge in [0.05, 0.1) is 11.9 Å². The Balaban J connectivity index is 0.000000204. The normalized spacial score (nSPS) is 10.8. The third-order valence-electron chi connectivity index (χ3n) is 2.78. The van der Waals surface area contributed by atoms with E-state index in [1.807, 2.05) is 27.8 Å². The minimum atomic E-state index is -4.02. The predicted octanol–water partition coefficient (Wildman–Crippen LogP) is 0.280. The van der Waals surface area contributed by atoms with Crippen molar-refractivity contribution in [1.29, 1.82) is 0 Å². The lowest BCUT2D eigenvalue weighted by Crippen LogP contribution is -2.48. The van der Waals surface area contributed by atoms with E-state index in [9.17, 15) is 8.42 Å². The molecule has 8 heteroatoms. The second-order valence-electron chi connectivity index (χ2n) is 4.38. The number of hydrogen-bond acceptors (Lipinski definition) is 4. The fraction of sp³-hybridized carbons (Fsp3) is 0.333. The molecule has 110 valence electrons. The first-order chi connectivity index (χ1) is 9.12. The van der Waals surface area contributed by atoms with Crippen molar-refractivity contribution in [2.24, 2.45) is 7.05 Å². The number of nitrogen functional groups attached to an aromatic ring is 1. The minimum absolute atomic E-state index is 0.0666. The van der Waals surface area contributed by atoms with Gasteiger partial charge in [0.1, 0.15) is 0 Å². The highest BCUT2D eigenvalue weighted by molar-refractivity contribution is 7.85. The monoisotopic (exact) mass is 299 g/mol. The Morgan fingerprint density at radius 1 is 1.20 bits per heavy atom. The van der Waals surface area contributed by atoms with Gasteiger partial charge in [0.15, 0.2) is 0 Å². The third-order valence-corrected chi connectivity index (χ3v) is 3.65. The van der Waals surface area contributed by atoms with E-state index in [1.54, 1.807) is 21.5 Å². The molecule has 1 heterocycles. The van der Waals surface area contributed by atoms with Crippen LogP contribution in [0.4, 0.5) is 0 Å². The van der Waals surface area contributed by atoms with Crippen molar-refractivity contribution in [1.82, 2.24) is 9.78 Å². The van der Waals surface area contributed by atoms with Gasteiger partial charge in [0.25, 0.3) is 21.8 Å². The van der Waals surface area contributed by atoms with Gasteiger partial charge in [-0.25, -0.2) is 0 Å². The van der Waals surface area contributed by atoms with E-state index < -0.39 is 10.1 Å². The molecule has 20 heavy (non-hydrogen) atoms. The zero-order chi connectivity index (χ0) is 15.5. The average Bonchev–Trinajstić information content (AvgIpc) is 2.56. The fourth-order valence-electron chi connectivity index (χ4n) is 1.44. The van der Waals surface area contributed by atoms with Gasteiger partial charge in [-0.05, 0) is 19.1 Å². The Morgan fingerprint density at radius 3 is 1.95 bits per heavy atom. The Morgan fingerprint density at radius 2 is 1.70 bits per heavy atom. The molecule has 2 aromatic rings. The third kappa shape index (κ3) is 4.04. The average molecular weight is 299 g/mol. The highest BCUT2D eigenvalue weighted by Crippen LogP contribution is 2.08. The lowest BCUT2D eigenvalue weighted by atomic mass is 10.2. The smallest absolute Gasteiger partial charge is 0.289 e. The number of aromatic nitrogens is 3. The van der Waals surface area contributed by atoms with Crippen molar-refractivity contribution >= 4 is 10.1 Å². The molecule has 0 saturated carbocycles. The van der Waals surface area contributed by atoms with Crippen LogP contribution in [0.2, 0.25) is 0 Å². The van der Waals surface area contributed by atoms with E-state index in [1.165, 1.54) is 12.1 Å². The molecule has 0 radical (unpaired) electrons. The van der Waals surface area contributed by atoms with Gasteiger partial charge in [0, 0.05) is 18.9 Å². The number of nitrogens with two attached hydrogens (primary N) is 1. The molecule has 2 rings (SSSR count). The summed E-state index contributed by atoms with van der Waals surface area (Å²) in [5, 5.41) is 4.06. The number of nitrogens with zero attached hydrogens (tertiary/aromatic N) is 3. The number of benzene rings is 1. The summed E-state index contributed by atoms with van der Waals surface area (Å²) in [6.45, 7) is 5.63. The summed E-state index contributed by atoms with van der Waals surface area (Å²) in [6.07, 6.45) is 0. The lowest BCUT2D eigenvalue weighted by Gasteiger charge is -1.95. The van der Waals surface area contributed by atoms with Crippen molar-refractivity contribution in [3.63, 3.8) is 0 Å². The van der Waals surface area contributed by atoms with Crippen LogP contribution >= 0.6 is 0 Å². The zero-order valence-corrected chi connectivity index (χ0v) is 12.7. The van der Waals surface area contributed by atoms with E-state index in [-0.39, 0.29) is 4.90 Å². The topological polar surface area (TPSA) is 102 Å². The quantitative estimate of drug-likeness (QED) is 0.447. The number of rotatable bonds is 1. The van der Waals surface area contributed by atoms with Crippen LogP contribution in [0.15, 0.2) is 29.2 Å². The van der Waals surface area contributed by atoms with Crippen molar-refractivity contribution in [2.75, 3.05) is 5.84 Å². The van der Waals surface area contributed by atoms with E-state index in [4.69, 9.17) is 10.4 Å². The van der Waals surface area contributed by atoms with Crippen LogP contribution in [0.1, 0.15) is 17.2 Å².